The largest absolute Gasteiger partial charge is 0.382 e. The number of hydrogen-bond acceptors (Lipinski definition) is 2. The predicted octanol–water partition coefficient (Wildman–Crippen LogP) is 3.34. The van der Waals surface area contributed by atoms with E-state index in [4.69, 9.17) is 0 Å². The van der Waals surface area contributed by atoms with Crippen molar-refractivity contribution in [3.8, 4) is 0 Å². The van der Waals surface area contributed by atoms with Gasteiger partial charge < -0.3 is 5.11 Å². The first kappa shape index (κ1) is 12.8. The molecule has 1 heterocycles. The van der Waals surface area contributed by atoms with E-state index < -0.39 is 6.10 Å². The van der Waals surface area contributed by atoms with Crippen LogP contribution in [0.25, 0.3) is 0 Å². The predicted molar refractivity (Wildman–Crippen MR) is 73.8 cm³/mol. The van der Waals surface area contributed by atoms with Crippen molar-refractivity contribution >= 4 is 31.9 Å². The molecule has 2 rings (SSSR count). The van der Waals surface area contributed by atoms with E-state index in [0.717, 1.165) is 25.8 Å². The number of aryl methyl sites for hydroxylation is 2. The highest BCUT2D eigenvalue weighted by Gasteiger charge is 2.19. The number of hydrogen-bond donors (Lipinski definition) is 1. The van der Waals surface area contributed by atoms with Crippen LogP contribution in [0, 0.1) is 6.92 Å². The molecule has 1 N–H and O–H groups in total. The van der Waals surface area contributed by atoms with Crippen LogP contribution in [0.15, 0.2) is 33.3 Å². The molecule has 3 nitrogen and oxygen atoms in total. The molecule has 5 heteroatoms. The SMILES string of the molecule is Cc1cc(Br)ccc1C(O)c1c(Br)cnn1C. The third kappa shape index (κ3) is 2.46. The van der Waals surface area contributed by atoms with Gasteiger partial charge in [0.1, 0.15) is 6.10 Å². The normalized spacial score (nSPS) is 12.8. The molecule has 0 aliphatic carbocycles. The first-order valence-corrected chi connectivity index (χ1v) is 6.71. The molecule has 1 unspecified atom stereocenters. The van der Waals surface area contributed by atoms with Crippen molar-refractivity contribution in [2.75, 3.05) is 0 Å². The second-order valence-corrected chi connectivity index (χ2v) is 5.67. The van der Waals surface area contributed by atoms with Crippen LogP contribution in [0.3, 0.4) is 0 Å². The summed E-state index contributed by atoms with van der Waals surface area (Å²) in [5, 5.41) is 14.5. The van der Waals surface area contributed by atoms with Gasteiger partial charge >= 0.3 is 0 Å². The first-order chi connectivity index (χ1) is 8.00. The van der Waals surface area contributed by atoms with Crippen molar-refractivity contribution in [2.45, 2.75) is 13.0 Å². The summed E-state index contributed by atoms with van der Waals surface area (Å²) in [5.74, 6) is 0. The Labute approximate surface area is 117 Å². The Kier molecular flexibility index (Phi) is 3.70. The van der Waals surface area contributed by atoms with Gasteiger partial charge in [-0.05, 0) is 46.1 Å². The number of aliphatic hydroxyl groups is 1. The van der Waals surface area contributed by atoms with Crippen LogP contribution in [-0.4, -0.2) is 14.9 Å². The number of rotatable bonds is 2. The standard InChI is InChI=1S/C12H12Br2N2O/c1-7-5-8(13)3-4-9(7)12(17)11-10(14)6-15-16(11)2/h3-6,12,17H,1-2H3. The molecule has 0 spiro atoms. The summed E-state index contributed by atoms with van der Waals surface area (Å²) in [4.78, 5) is 0. The summed E-state index contributed by atoms with van der Waals surface area (Å²) < 4.78 is 3.50. The van der Waals surface area contributed by atoms with E-state index in [2.05, 4.69) is 37.0 Å². The Morgan fingerprint density at radius 2 is 2.06 bits per heavy atom. The topological polar surface area (TPSA) is 38.1 Å². The van der Waals surface area contributed by atoms with Gasteiger partial charge in [-0.15, -0.1) is 0 Å². The molecular weight excluding hydrogens is 348 g/mol. The molecule has 0 radical (unpaired) electrons. The van der Waals surface area contributed by atoms with Crippen LogP contribution < -0.4 is 0 Å². The van der Waals surface area contributed by atoms with E-state index in [1.807, 2.05) is 32.2 Å². The van der Waals surface area contributed by atoms with Gasteiger partial charge in [0.15, 0.2) is 0 Å². The van der Waals surface area contributed by atoms with Crippen LogP contribution in [0.1, 0.15) is 22.9 Å². The second-order valence-electron chi connectivity index (χ2n) is 3.90. The average molecular weight is 360 g/mol. The number of aliphatic hydroxyl groups excluding tert-OH is 1. The number of benzene rings is 1. The van der Waals surface area contributed by atoms with Gasteiger partial charge in [-0.1, -0.05) is 22.0 Å². The molecule has 1 aromatic heterocycles. The van der Waals surface area contributed by atoms with E-state index in [9.17, 15) is 5.11 Å². The van der Waals surface area contributed by atoms with Crippen molar-refractivity contribution in [1.82, 2.24) is 9.78 Å². The molecule has 90 valence electrons. The van der Waals surface area contributed by atoms with E-state index in [1.165, 1.54) is 0 Å². The van der Waals surface area contributed by atoms with Crippen molar-refractivity contribution in [1.29, 1.82) is 0 Å². The average Bonchev–Trinajstić information content (AvgIpc) is 2.58. The Hall–Kier alpha value is -0.650. The van der Waals surface area contributed by atoms with Gasteiger partial charge in [-0.2, -0.15) is 5.10 Å². The third-order valence-corrected chi connectivity index (χ3v) is 3.83. The zero-order valence-electron chi connectivity index (χ0n) is 9.48. The summed E-state index contributed by atoms with van der Waals surface area (Å²) in [5.41, 5.74) is 2.69. The van der Waals surface area contributed by atoms with Gasteiger partial charge in [0, 0.05) is 11.5 Å². The van der Waals surface area contributed by atoms with Crippen molar-refractivity contribution in [3.63, 3.8) is 0 Å². The summed E-state index contributed by atoms with van der Waals surface area (Å²) in [6, 6.07) is 5.84. The maximum atomic E-state index is 10.4. The highest BCUT2D eigenvalue weighted by atomic mass is 79.9. The molecule has 2 aromatic rings. The van der Waals surface area contributed by atoms with E-state index >= 15 is 0 Å². The fourth-order valence-electron chi connectivity index (χ4n) is 1.82. The van der Waals surface area contributed by atoms with Crippen molar-refractivity contribution in [2.24, 2.45) is 7.05 Å². The number of nitrogens with zero attached hydrogens (tertiary/aromatic N) is 2. The Balaban J connectivity index is 2.47. The minimum atomic E-state index is -0.676. The Morgan fingerprint density at radius 3 is 2.59 bits per heavy atom. The van der Waals surface area contributed by atoms with Gasteiger partial charge in [0.05, 0.1) is 16.4 Å². The monoisotopic (exact) mass is 358 g/mol. The Bertz CT molecular complexity index is 532. The first-order valence-electron chi connectivity index (χ1n) is 5.12. The van der Waals surface area contributed by atoms with Crippen molar-refractivity contribution in [3.05, 3.63) is 50.2 Å². The molecule has 1 atom stereocenters. The molecule has 0 bridgehead atoms. The minimum absolute atomic E-state index is 0.676. The number of aromatic nitrogens is 2. The quantitative estimate of drug-likeness (QED) is 0.892. The van der Waals surface area contributed by atoms with Crippen LogP contribution in [0.2, 0.25) is 0 Å². The lowest BCUT2D eigenvalue weighted by molar-refractivity contribution is 0.208. The molecular formula is C12H12Br2N2O. The van der Waals surface area contributed by atoms with Crippen LogP contribution in [-0.2, 0) is 7.05 Å². The fraction of sp³-hybridized carbons (Fsp3) is 0.250. The zero-order valence-corrected chi connectivity index (χ0v) is 12.7. The van der Waals surface area contributed by atoms with E-state index in [-0.39, 0.29) is 0 Å². The lowest BCUT2D eigenvalue weighted by Crippen LogP contribution is -2.08. The van der Waals surface area contributed by atoms with Crippen LogP contribution in [0.5, 0.6) is 0 Å². The molecule has 0 saturated heterocycles. The summed E-state index contributed by atoms with van der Waals surface area (Å²) in [6.07, 6.45) is 1.01. The van der Waals surface area contributed by atoms with E-state index in [1.54, 1.807) is 10.9 Å². The lowest BCUT2D eigenvalue weighted by Gasteiger charge is -2.15. The van der Waals surface area contributed by atoms with Gasteiger partial charge in [-0.25, -0.2) is 0 Å². The van der Waals surface area contributed by atoms with Gasteiger partial charge in [0.2, 0.25) is 0 Å². The molecule has 1 aromatic carbocycles. The highest BCUT2D eigenvalue weighted by Crippen LogP contribution is 2.30. The fourth-order valence-corrected chi connectivity index (χ4v) is 2.86. The molecule has 0 saturated carbocycles. The van der Waals surface area contributed by atoms with Crippen LogP contribution in [0.4, 0.5) is 0 Å². The smallest absolute Gasteiger partial charge is 0.122 e. The Morgan fingerprint density at radius 1 is 1.35 bits per heavy atom. The summed E-state index contributed by atoms with van der Waals surface area (Å²) >= 11 is 6.82. The summed E-state index contributed by atoms with van der Waals surface area (Å²) in [6.45, 7) is 1.98. The maximum absolute atomic E-state index is 10.4. The highest BCUT2D eigenvalue weighted by molar-refractivity contribution is 9.10. The van der Waals surface area contributed by atoms with E-state index in [0.29, 0.717) is 0 Å². The van der Waals surface area contributed by atoms with Gasteiger partial charge in [-0.3, -0.25) is 4.68 Å². The zero-order chi connectivity index (χ0) is 12.6. The number of halogens is 2. The lowest BCUT2D eigenvalue weighted by atomic mass is 10.0. The van der Waals surface area contributed by atoms with Gasteiger partial charge in [0.25, 0.3) is 0 Å². The maximum Gasteiger partial charge on any atom is 0.122 e. The summed E-state index contributed by atoms with van der Waals surface area (Å²) in [7, 11) is 1.82. The molecule has 0 fully saturated rings. The van der Waals surface area contributed by atoms with Crippen LogP contribution >= 0.6 is 31.9 Å². The van der Waals surface area contributed by atoms with Crippen molar-refractivity contribution < 1.29 is 5.11 Å². The molecule has 0 aliphatic heterocycles. The molecule has 17 heavy (non-hydrogen) atoms. The molecule has 0 amide bonds. The third-order valence-electron chi connectivity index (χ3n) is 2.72. The minimum Gasteiger partial charge on any atom is -0.382 e. The second kappa shape index (κ2) is 4.92. The molecule has 0 aliphatic rings.